The van der Waals surface area contributed by atoms with E-state index in [1.165, 1.54) is 31.7 Å². The van der Waals surface area contributed by atoms with Gasteiger partial charge in [-0.1, -0.05) is 36.4 Å². The number of benzene rings is 2. The van der Waals surface area contributed by atoms with Gasteiger partial charge in [-0.15, -0.1) is 22.7 Å². The van der Waals surface area contributed by atoms with Crippen molar-refractivity contribution in [3.05, 3.63) is 59.8 Å². The first-order chi connectivity index (χ1) is 9.93. The molecule has 0 radical (unpaired) electrons. The van der Waals surface area contributed by atoms with E-state index in [4.69, 9.17) is 0 Å². The van der Waals surface area contributed by atoms with E-state index in [-0.39, 0.29) is 0 Å². The Labute approximate surface area is 124 Å². The minimum absolute atomic E-state index is 1.21. The first-order valence-corrected chi connectivity index (χ1v) is 7.99. The molecule has 2 heterocycles. The second-order valence-electron chi connectivity index (χ2n) is 4.44. The maximum absolute atomic E-state index is 4.19. The van der Waals surface area contributed by atoms with E-state index in [0.29, 0.717) is 0 Å². The van der Waals surface area contributed by atoms with Crippen LogP contribution in [0.2, 0.25) is 0 Å². The monoisotopic (exact) mass is 294 g/mol. The molecular weight excluding hydrogens is 284 g/mol. The molecule has 0 saturated carbocycles. The minimum atomic E-state index is 1.21. The number of rotatable bonds is 2. The highest BCUT2D eigenvalue weighted by atomic mass is 32.1. The predicted octanol–water partition coefficient (Wildman–Crippen LogP) is 5.09. The molecule has 4 heteroatoms. The normalized spacial score (nSPS) is 11.0. The summed E-state index contributed by atoms with van der Waals surface area (Å²) < 4.78 is 0. The van der Waals surface area contributed by atoms with Crippen LogP contribution in [0.3, 0.4) is 0 Å². The Bertz CT molecular complexity index is 776. The number of thiazole rings is 2. The summed E-state index contributed by atoms with van der Waals surface area (Å²) in [6.45, 7) is 0. The molecule has 0 atom stereocenters. The Morgan fingerprint density at radius 1 is 0.650 bits per heavy atom. The van der Waals surface area contributed by atoms with Crippen molar-refractivity contribution in [1.29, 1.82) is 0 Å². The lowest BCUT2D eigenvalue weighted by atomic mass is 9.99. The van der Waals surface area contributed by atoms with Gasteiger partial charge in [-0.3, -0.25) is 9.97 Å². The third-order valence-electron chi connectivity index (χ3n) is 3.32. The van der Waals surface area contributed by atoms with Crippen LogP contribution in [0, 0.1) is 0 Å². The smallest absolute Gasteiger partial charge is 0.0797 e. The molecular formula is C16H10N2S2. The summed E-state index contributed by atoms with van der Waals surface area (Å²) in [5.41, 5.74) is 6.25. The molecule has 2 aromatic carbocycles. The summed E-state index contributed by atoms with van der Waals surface area (Å²) in [6, 6.07) is 12.9. The predicted molar refractivity (Wildman–Crippen MR) is 86.2 cm³/mol. The molecule has 4 aromatic rings. The van der Waals surface area contributed by atoms with Crippen molar-refractivity contribution in [3.8, 4) is 20.9 Å². The molecule has 4 rings (SSSR count). The zero-order valence-corrected chi connectivity index (χ0v) is 12.1. The number of nitrogens with zero attached hydrogens (tertiary/aromatic N) is 2. The van der Waals surface area contributed by atoms with Gasteiger partial charge in [0, 0.05) is 23.5 Å². The van der Waals surface area contributed by atoms with Crippen LogP contribution in [0.15, 0.2) is 59.8 Å². The Hall–Kier alpha value is -2.04. The van der Waals surface area contributed by atoms with Crippen LogP contribution in [-0.4, -0.2) is 9.97 Å². The van der Waals surface area contributed by atoms with Crippen molar-refractivity contribution in [1.82, 2.24) is 9.97 Å². The fraction of sp³-hybridized carbons (Fsp3) is 0. The lowest BCUT2D eigenvalue weighted by Crippen LogP contribution is -1.82. The zero-order chi connectivity index (χ0) is 13.4. The SMILES string of the molecule is c1cc(-c2cncs2)c2cccc(-c3cncs3)c2c1. The Morgan fingerprint density at radius 2 is 1.15 bits per heavy atom. The Morgan fingerprint density at radius 3 is 1.55 bits per heavy atom. The highest BCUT2D eigenvalue weighted by molar-refractivity contribution is 7.13. The van der Waals surface area contributed by atoms with E-state index in [9.17, 15) is 0 Å². The molecule has 0 aliphatic heterocycles. The van der Waals surface area contributed by atoms with Crippen molar-refractivity contribution < 1.29 is 0 Å². The van der Waals surface area contributed by atoms with Gasteiger partial charge < -0.3 is 0 Å². The first kappa shape index (κ1) is 11.8. The third kappa shape index (κ3) is 1.85. The topological polar surface area (TPSA) is 25.8 Å². The number of hydrogen-bond acceptors (Lipinski definition) is 4. The van der Waals surface area contributed by atoms with Crippen LogP contribution in [0.4, 0.5) is 0 Å². The van der Waals surface area contributed by atoms with Crippen molar-refractivity contribution in [3.63, 3.8) is 0 Å². The van der Waals surface area contributed by atoms with Crippen LogP contribution in [0.5, 0.6) is 0 Å². The summed E-state index contributed by atoms with van der Waals surface area (Å²) in [7, 11) is 0. The highest BCUT2D eigenvalue weighted by Gasteiger charge is 2.09. The Balaban J connectivity index is 2.04. The lowest BCUT2D eigenvalue weighted by molar-refractivity contribution is 1.42. The molecule has 2 aromatic heterocycles. The zero-order valence-electron chi connectivity index (χ0n) is 10.5. The summed E-state index contributed by atoms with van der Waals surface area (Å²) in [6.07, 6.45) is 3.86. The van der Waals surface area contributed by atoms with Crippen molar-refractivity contribution >= 4 is 33.4 Å². The van der Waals surface area contributed by atoms with Gasteiger partial charge in [-0.25, -0.2) is 0 Å². The number of aromatic nitrogens is 2. The molecule has 20 heavy (non-hydrogen) atoms. The molecule has 0 spiro atoms. The van der Waals surface area contributed by atoms with E-state index in [0.717, 1.165) is 0 Å². The molecule has 0 bridgehead atoms. The van der Waals surface area contributed by atoms with Crippen LogP contribution >= 0.6 is 22.7 Å². The maximum atomic E-state index is 4.19. The molecule has 0 saturated heterocycles. The molecule has 0 aliphatic rings. The van der Waals surface area contributed by atoms with Crippen molar-refractivity contribution in [2.75, 3.05) is 0 Å². The van der Waals surface area contributed by atoms with E-state index >= 15 is 0 Å². The van der Waals surface area contributed by atoms with Crippen LogP contribution in [0.1, 0.15) is 0 Å². The molecule has 0 unspecified atom stereocenters. The van der Waals surface area contributed by atoms with E-state index in [1.807, 2.05) is 23.4 Å². The summed E-state index contributed by atoms with van der Waals surface area (Å²) in [5, 5.41) is 2.53. The summed E-state index contributed by atoms with van der Waals surface area (Å²) in [5.74, 6) is 0. The molecule has 0 N–H and O–H groups in total. The van der Waals surface area contributed by atoms with E-state index in [1.54, 1.807) is 22.7 Å². The van der Waals surface area contributed by atoms with E-state index in [2.05, 4.69) is 46.4 Å². The van der Waals surface area contributed by atoms with Crippen LogP contribution < -0.4 is 0 Å². The largest absolute Gasteiger partial charge is 0.252 e. The van der Waals surface area contributed by atoms with Gasteiger partial charge in [0.05, 0.1) is 20.8 Å². The van der Waals surface area contributed by atoms with Crippen LogP contribution in [0.25, 0.3) is 31.7 Å². The summed E-state index contributed by atoms with van der Waals surface area (Å²) in [4.78, 5) is 10.8. The van der Waals surface area contributed by atoms with Gasteiger partial charge in [0.2, 0.25) is 0 Å². The molecule has 0 aliphatic carbocycles. The average molecular weight is 294 g/mol. The fourth-order valence-corrected chi connectivity index (χ4v) is 3.76. The summed E-state index contributed by atoms with van der Waals surface area (Å²) >= 11 is 3.35. The highest BCUT2D eigenvalue weighted by Crippen LogP contribution is 2.36. The van der Waals surface area contributed by atoms with Crippen molar-refractivity contribution in [2.45, 2.75) is 0 Å². The second kappa shape index (κ2) is 4.81. The van der Waals surface area contributed by atoms with Crippen LogP contribution in [-0.2, 0) is 0 Å². The standard InChI is InChI=1S/C16H10N2S2/c1-3-11-12(13(5-1)15-7-17-9-19-15)4-2-6-14(11)16-8-18-10-20-16/h1-10H. The number of hydrogen-bond donors (Lipinski definition) is 0. The van der Waals surface area contributed by atoms with Gasteiger partial charge in [0.15, 0.2) is 0 Å². The number of fused-ring (bicyclic) bond motifs is 1. The maximum Gasteiger partial charge on any atom is 0.0797 e. The first-order valence-electron chi connectivity index (χ1n) is 6.23. The molecule has 96 valence electrons. The molecule has 2 nitrogen and oxygen atoms in total. The third-order valence-corrected chi connectivity index (χ3v) is 4.93. The van der Waals surface area contributed by atoms with E-state index < -0.39 is 0 Å². The quantitative estimate of drug-likeness (QED) is 0.515. The minimum Gasteiger partial charge on any atom is -0.252 e. The Kier molecular flexibility index (Phi) is 2.83. The molecule has 0 fully saturated rings. The van der Waals surface area contributed by atoms with Crippen molar-refractivity contribution in [2.24, 2.45) is 0 Å². The van der Waals surface area contributed by atoms with Gasteiger partial charge in [0.25, 0.3) is 0 Å². The van der Waals surface area contributed by atoms with Gasteiger partial charge >= 0.3 is 0 Å². The van der Waals surface area contributed by atoms with Gasteiger partial charge in [0.1, 0.15) is 0 Å². The van der Waals surface area contributed by atoms with Gasteiger partial charge in [-0.05, 0) is 10.8 Å². The molecule has 0 amide bonds. The average Bonchev–Trinajstić information content (AvgIpc) is 3.19. The fourth-order valence-electron chi connectivity index (χ4n) is 2.44. The lowest BCUT2D eigenvalue weighted by Gasteiger charge is -2.08. The van der Waals surface area contributed by atoms with Gasteiger partial charge in [-0.2, -0.15) is 0 Å². The second-order valence-corrected chi connectivity index (χ2v) is 6.21.